The van der Waals surface area contributed by atoms with E-state index in [1.54, 1.807) is 7.11 Å². The van der Waals surface area contributed by atoms with Crippen LogP contribution in [0.4, 0.5) is 5.69 Å². The molecule has 1 aromatic rings. The van der Waals surface area contributed by atoms with Crippen LogP contribution in [0.5, 0.6) is 0 Å². The van der Waals surface area contributed by atoms with Gasteiger partial charge >= 0.3 is 0 Å². The Kier molecular flexibility index (Phi) is 2.73. The van der Waals surface area contributed by atoms with Gasteiger partial charge in [0, 0.05) is 7.11 Å². The Balaban J connectivity index is 1.56. The molecule has 0 amide bonds. The Labute approximate surface area is 131 Å². The van der Waals surface area contributed by atoms with Gasteiger partial charge in [0.05, 0.1) is 5.69 Å². The Morgan fingerprint density at radius 3 is 2.23 bits per heavy atom. The van der Waals surface area contributed by atoms with Gasteiger partial charge in [-0.1, -0.05) is 18.2 Å². The van der Waals surface area contributed by atoms with Crippen LogP contribution < -0.4 is 0 Å². The van der Waals surface area contributed by atoms with E-state index in [2.05, 4.69) is 12.1 Å². The second-order valence-electron chi connectivity index (χ2n) is 7.68. The van der Waals surface area contributed by atoms with Crippen molar-refractivity contribution >= 4 is 11.6 Å². The van der Waals surface area contributed by atoms with Crippen molar-refractivity contribution in [2.75, 3.05) is 7.11 Å². The van der Waals surface area contributed by atoms with E-state index in [1.165, 1.54) is 32.1 Å². The lowest BCUT2D eigenvalue weighted by Gasteiger charge is -2.66. The molecule has 1 saturated heterocycles. The van der Waals surface area contributed by atoms with Crippen LogP contribution in [0.25, 0.3) is 0 Å². The van der Waals surface area contributed by atoms with Gasteiger partial charge in [0.2, 0.25) is 12.2 Å². The second kappa shape index (κ2) is 4.58. The summed E-state index contributed by atoms with van der Waals surface area (Å²) in [6.07, 6.45) is 6.79. The number of aliphatic imine (C=N–C) groups is 1. The van der Waals surface area contributed by atoms with Gasteiger partial charge < -0.3 is 9.47 Å². The third-order valence-electron chi connectivity index (χ3n) is 6.67. The number of para-hydroxylation sites is 1. The van der Waals surface area contributed by atoms with Crippen molar-refractivity contribution in [3.05, 3.63) is 30.3 Å². The third-order valence-corrected chi connectivity index (χ3v) is 6.67. The van der Waals surface area contributed by atoms with Crippen molar-refractivity contribution < 1.29 is 9.47 Å². The van der Waals surface area contributed by atoms with Crippen molar-refractivity contribution in [3.8, 4) is 0 Å². The molecule has 1 heterocycles. The van der Waals surface area contributed by atoms with Gasteiger partial charge in [-0.25, -0.2) is 4.99 Å². The summed E-state index contributed by atoms with van der Waals surface area (Å²) in [5.41, 5.74) is 1.07. The number of nitrogens with zero attached hydrogens (tertiary/aromatic N) is 1. The SMILES string of the molecule is COC1OC(=Nc2ccccc2)C12C1CC3CC(C1)CC2C3. The fourth-order valence-corrected chi connectivity index (χ4v) is 6.03. The van der Waals surface area contributed by atoms with Crippen molar-refractivity contribution in [3.63, 3.8) is 0 Å². The fraction of sp³-hybridized carbons (Fsp3) is 0.632. The highest BCUT2D eigenvalue weighted by atomic mass is 16.7. The average molecular weight is 297 g/mol. The molecule has 6 rings (SSSR count). The van der Waals surface area contributed by atoms with Crippen molar-refractivity contribution in [2.45, 2.75) is 38.4 Å². The first-order chi connectivity index (χ1) is 10.8. The first-order valence-electron chi connectivity index (χ1n) is 8.64. The molecule has 116 valence electrons. The smallest absolute Gasteiger partial charge is 0.216 e. The standard InChI is InChI=1S/C19H23NO2/c1-21-18-19(17(22-18)20-16-5-3-2-4-6-16)14-8-12-7-13(10-14)11-15(19)9-12/h2-6,12-15,18H,7-11H2,1H3. The molecule has 1 unspecified atom stereocenters. The first-order valence-corrected chi connectivity index (χ1v) is 8.64. The van der Waals surface area contributed by atoms with E-state index < -0.39 is 0 Å². The first kappa shape index (κ1) is 13.1. The van der Waals surface area contributed by atoms with Crippen molar-refractivity contribution in [1.82, 2.24) is 0 Å². The Morgan fingerprint density at radius 1 is 1.00 bits per heavy atom. The van der Waals surface area contributed by atoms with Crippen LogP contribution in [0.15, 0.2) is 35.3 Å². The van der Waals surface area contributed by atoms with Gasteiger partial charge in [0.15, 0.2) is 0 Å². The zero-order valence-corrected chi connectivity index (χ0v) is 13.1. The van der Waals surface area contributed by atoms with Crippen LogP contribution in [-0.2, 0) is 9.47 Å². The minimum absolute atomic E-state index is 0.0675. The van der Waals surface area contributed by atoms with E-state index in [0.717, 1.165) is 23.4 Å². The van der Waals surface area contributed by atoms with Crippen molar-refractivity contribution in [1.29, 1.82) is 0 Å². The van der Waals surface area contributed by atoms with E-state index in [0.29, 0.717) is 11.8 Å². The predicted octanol–water partition coefficient (Wildman–Crippen LogP) is 4.16. The summed E-state index contributed by atoms with van der Waals surface area (Å²) in [7, 11) is 1.79. The summed E-state index contributed by atoms with van der Waals surface area (Å²) in [4.78, 5) is 4.88. The van der Waals surface area contributed by atoms with Crippen LogP contribution in [-0.4, -0.2) is 19.3 Å². The summed E-state index contributed by atoms with van der Waals surface area (Å²) >= 11 is 0. The predicted molar refractivity (Wildman–Crippen MR) is 84.9 cm³/mol. The van der Waals surface area contributed by atoms with E-state index >= 15 is 0 Å². The van der Waals surface area contributed by atoms with E-state index in [-0.39, 0.29) is 11.7 Å². The van der Waals surface area contributed by atoms with Crippen LogP contribution in [0.1, 0.15) is 32.1 Å². The summed E-state index contributed by atoms with van der Waals surface area (Å²) in [5.74, 6) is 4.28. The molecule has 3 nitrogen and oxygen atoms in total. The summed E-state index contributed by atoms with van der Waals surface area (Å²) in [5, 5.41) is 0. The molecule has 22 heavy (non-hydrogen) atoms. The van der Waals surface area contributed by atoms with Crippen LogP contribution in [0.3, 0.4) is 0 Å². The largest absolute Gasteiger partial charge is 0.450 e. The molecule has 0 aromatic heterocycles. The maximum absolute atomic E-state index is 6.00. The Bertz CT molecular complexity index is 581. The van der Waals surface area contributed by atoms with Crippen LogP contribution in [0.2, 0.25) is 0 Å². The molecule has 3 heteroatoms. The van der Waals surface area contributed by atoms with Crippen molar-refractivity contribution in [2.24, 2.45) is 34.1 Å². The van der Waals surface area contributed by atoms with E-state index in [1.807, 2.05) is 18.2 Å². The number of methoxy groups -OCH3 is 1. The molecule has 4 aliphatic carbocycles. The molecule has 5 fully saturated rings. The highest BCUT2D eigenvalue weighted by molar-refractivity contribution is 5.91. The number of hydrogen-bond donors (Lipinski definition) is 0. The quantitative estimate of drug-likeness (QED) is 0.820. The Hall–Kier alpha value is -1.35. The fourth-order valence-electron chi connectivity index (χ4n) is 6.03. The molecule has 1 atom stereocenters. The lowest BCUT2D eigenvalue weighted by molar-refractivity contribution is -0.265. The normalized spacial score (nSPS) is 46.8. The molecule has 0 radical (unpaired) electrons. The zero-order chi connectivity index (χ0) is 14.7. The monoisotopic (exact) mass is 297 g/mol. The summed E-state index contributed by atoms with van der Waals surface area (Å²) in [6, 6.07) is 10.2. The lowest BCUT2D eigenvalue weighted by atomic mass is 9.43. The molecular weight excluding hydrogens is 274 g/mol. The molecular formula is C19H23NO2. The van der Waals surface area contributed by atoms with E-state index in [9.17, 15) is 0 Å². The summed E-state index contributed by atoms with van der Waals surface area (Å²) in [6.45, 7) is 0. The number of ether oxygens (including phenoxy) is 2. The molecule has 5 aliphatic rings. The molecule has 4 saturated carbocycles. The minimum Gasteiger partial charge on any atom is -0.450 e. The third kappa shape index (κ3) is 1.58. The van der Waals surface area contributed by atoms with Crippen LogP contribution >= 0.6 is 0 Å². The molecule has 0 N–H and O–H groups in total. The van der Waals surface area contributed by atoms with Gasteiger partial charge in [0.25, 0.3) is 0 Å². The van der Waals surface area contributed by atoms with Gasteiger partial charge in [0.1, 0.15) is 5.41 Å². The lowest BCUT2D eigenvalue weighted by Crippen LogP contribution is -2.70. The maximum Gasteiger partial charge on any atom is 0.216 e. The molecule has 1 aromatic carbocycles. The number of hydrogen-bond acceptors (Lipinski definition) is 3. The van der Waals surface area contributed by atoms with E-state index in [4.69, 9.17) is 14.5 Å². The van der Waals surface area contributed by atoms with Gasteiger partial charge in [-0.2, -0.15) is 0 Å². The molecule has 1 aliphatic heterocycles. The minimum atomic E-state index is -0.0787. The summed E-state index contributed by atoms with van der Waals surface area (Å²) < 4.78 is 11.7. The van der Waals surface area contributed by atoms with Gasteiger partial charge in [-0.05, 0) is 67.9 Å². The Morgan fingerprint density at radius 2 is 1.64 bits per heavy atom. The highest BCUT2D eigenvalue weighted by Crippen LogP contribution is 2.67. The second-order valence-corrected chi connectivity index (χ2v) is 7.68. The topological polar surface area (TPSA) is 30.8 Å². The molecule has 1 spiro atoms. The van der Waals surface area contributed by atoms with Gasteiger partial charge in [-0.3, -0.25) is 0 Å². The maximum atomic E-state index is 6.00. The van der Waals surface area contributed by atoms with Crippen LogP contribution in [0, 0.1) is 29.1 Å². The highest BCUT2D eigenvalue weighted by Gasteiger charge is 2.70. The average Bonchev–Trinajstić information content (AvgIpc) is 2.51. The van der Waals surface area contributed by atoms with Gasteiger partial charge in [-0.15, -0.1) is 0 Å². The number of benzene rings is 1. The number of rotatable bonds is 2. The molecule has 4 bridgehead atoms. The zero-order valence-electron chi connectivity index (χ0n) is 13.1.